The Balaban J connectivity index is 1.60. The van der Waals surface area contributed by atoms with Crippen molar-refractivity contribution in [3.8, 4) is 11.3 Å². The third kappa shape index (κ3) is 2.97. The summed E-state index contributed by atoms with van der Waals surface area (Å²) in [5.74, 6) is -2.08. The molecular weight excluding hydrogens is 350 g/mol. The molecular formula is C20H16F2N4O. The second kappa shape index (κ2) is 6.35. The summed E-state index contributed by atoms with van der Waals surface area (Å²) in [6.45, 7) is 4.01. The zero-order valence-corrected chi connectivity index (χ0v) is 14.7. The van der Waals surface area contributed by atoms with Gasteiger partial charge in [-0.1, -0.05) is 12.1 Å². The zero-order valence-electron chi connectivity index (χ0n) is 14.7. The fraction of sp³-hybridized carbons (Fsp3) is 0.100. The Hall–Kier alpha value is -3.48. The second-order valence-corrected chi connectivity index (χ2v) is 6.37. The molecule has 0 radical (unpaired) electrons. The van der Waals surface area contributed by atoms with E-state index in [0.29, 0.717) is 5.69 Å². The number of nitrogens with one attached hydrogen (secondary N) is 3. The van der Waals surface area contributed by atoms with Gasteiger partial charge in [0.25, 0.3) is 5.91 Å². The molecule has 0 aliphatic rings. The van der Waals surface area contributed by atoms with E-state index < -0.39 is 11.6 Å². The van der Waals surface area contributed by atoms with Gasteiger partial charge in [0.1, 0.15) is 5.69 Å². The third-order valence-electron chi connectivity index (χ3n) is 4.65. The Bertz CT molecular complexity index is 1180. The number of hydrogen-bond donors (Lipinski definition) is 3. The number of amides is 1. The standard InChI is InChI=1S/C20H16F2N4O/c1-10-6-7-15-13(11(10)2)8-17(23-15)20(27)24-18-9-16(25-26-18)12-4-3-5-14(21)19(12)22/h3-9,23H,1-2H3,(H2,24,25,26,27). The van der Waals surface area contributed by atoms with Crippen LogP contribution in [0.5, 0.6) is 0 Å². The smallest absolute Gasteiger partial charge is 0.273 e. The van der Waals surface area contributed by atoms with Crippen molar-refractivity contribution in [1.82, 2.24) is 15.2 Å². The normalized spacial score (nSPS) is 11.1. The molecule has 136 valence electrons. The highest BCUT2D eigenvalue weighted by molar-refractivity contribution is 6.06. The summed E-state index contributed by atoms with van der Waals surface area (Å²) in [4.78, 5) is 15.6. The van der Waals surface area contributed by atoms with Gasteiger partial charge in [0.05, 0.1) is 5.69 Å². The molecule has 4 rings (SSSR count). The predicted molar refractivity (Wildman–Crippen MR) is 99.7 cm³/mol. The average molecular weight is 366 g/mol. The average Bonchev–Trinajstić information content (AvgIpc) is 3.28. The van der Waals surface area contributed by atoms with Crippen LogP contribution in [0, 0.1) is 25.5 Å². The number of carbonyl (C=O) groups excluding carboxylic acids is 1. The topological polar surface area (TPSA) is 73.6 Å². The maximum atomic E-state index is 13.9. The highest BCUT2D eigenvalue weighted by Crippen LogP contribution is 2.25. The molecule has 0 spiro atoms. The van der Waals surface area contributed by atoms with Crippen molar-refractivity contribution >= 4 is 22.6 Å². The lowest BCUT2D eigenvalue weighted by Gasteiger charge is -2.00. The van der Waals surface area contributed by atoms with E-state index >= 15 is 0 Å². The molecule has 2 heterocycles. The van der Waals surface area contributed by atoms with Gasteiger partial charge in [-0.3, -0.25) is 9.89 Å². The highest BCUT2D eigenvalue weighted by Gasteiger charge is 2.15. The highest BCUT2D eigenvalue weighted by atomic mass is 19.2. The molecule has 1 amide bonds. The lowest BCUT2D eigenvalue weighted by Crippen LogP contribution is -2.12. The Kier molecular flexibility index (Phi) is 3.99. The molecule has 7 heteroatoms. The molecule has 2 aromatic heterocycles. The number of aromatic amines is 2. The van der Waals surface area contributed by atoms with Gasteiger partial charge in [-0.05, 0) is 49.2 Å². The molecule has 2 aromatic carbocycles. The number of benzene rings is 2. The molecule has 0 saturated carbocycles. The summed E-state index contributed by atoms with van der Waals surface area (Å²) < 4.78 is 27.3. The van der Waals surface area contributed by atoms with E-state index in [0.717, 1.165) is 28.1 Å². The first kappa shape index (κ1) is 17.0. The van der Waals surface area contributed by atoms with Crippen LogP contribution in [0.3, 0.4) is 0 Å². The fourth-order valence-corrected chi connectivity index (χ4v) is 3.00. The lowest BCUT2D eigenvalue weighted by molar-refractivity contribution is 0.102. The number of carbonyl (C=O) groups is 1. The van der Waals surface area contributed by atoms with E-state index in [4.69, 9.17) is 0 Å². The number of halogens is 2. The predicted octanol–water partition coefficient (Wildman–Crippen LogP) is 4.71. The first-order chi connectivity index (χ1) is 12.9. The van der Waals surface area contributed by atoms with Crippen molar-refractivity contribution in [3.05, 3.63) is 70.9 Å². The Morgan fingerprint density at radius 2 is 1.93 bits per heavy atom. The maximum absolute atomic E-state index is 13.9. The summed E-state index contributed by atoms with van der Waals surface area (Å²) in [5.41, 5.74) is 3.81. The van der Waals surface area contributed by atoms with Gasteiger partial charge in [0.2, 0.25) is 0 Å². The van der Waals surface area contributed by atoms with Gasteiger partial charge in [-0.2, -0.15) is 5.10 Å². The molecule has 0 atom stereocenters. The molecule has 3 N–H and O–H groups in total. The van der Waals surface area contributed by atoms with E-state index in [2.05, 4.69) is 20.5 Å². The molecule has 27 heavy (non-hydrogen) atoms. The van der Waals surface area contributed by atoms with Gasteiger partial charge in [0, 0.05) is 22.5 Å². The van der Waals surface area contributed by atoms with Crippen LogP contribution in [0.1, 0.15) is 21.6 Å². The first-order valence-corrected chi connectivity index (χ1v) is 8.34. The van der Waals surface area contributed by atoms with Crippen LogP contribution in [-0.2, 0) is 0 Å². The number of anilines is 1. The van der Waals surface area contributed by atoms with Crippen LogP contribution in [-0.4, -0.2) is 21.1 Å². The van der Waals surface area contributed by atoms with E-state index in [9.17, 15) is 13.6 Å². The van der Waals surface area contributed by atoms with Gasteiger partial charge in [-0.15, -0.1) is 0 Å². The Morgan fingerprint density at radius 3 is 2.74 bits per heavy atom. The summed E-state index contributed by atoms with van der Waals surface area (Å²) in [7, 11) is 0. The van der Waals surface area contributed by atoms with Crippen LogP contribution < -0.4 is 5.32 Å². The van der Waals surface area contributed by atoms with Gasteiger partial charge in [-0.25, -0.2) is 8.78 Å². The molecule has 0 bridgehead atoms. The lowest BCUT2D eigenvalue weighted by atomic mass is 10.1. The summed E-state index contributed by atoms with van der Waals surface area (Å²) >= 11 is 0. The van der Waals surface area contributed by atoms with Crippen molar-refractivity contribution < 1.29 is 13.6 Å². The molecule has 5 nitrogen and oxygen atoms in total. The van der Waals surface area contributed by atoms with Crippen molar-refractivity contribution in [3.63, 3.8) is 0 Å². The zero-order chi connectivity index (χ0) is 19.1. The van der Waals surface area contributed by atoms with Crippen molar-refractivity contribution in [2.24, 2.45) is 0 Å². The van der Waals surface area contributed by atoms with E-state index in [1.165, 1.54) is 18.2 Å². The molecule has 0 saturated heterocycles. The van der Waals surface area contributed by atoms with Crippen LogP contribution in [0.4, 0.5) is 14.6 Å². The summed E-state index contributed by atoms with van der Waals surface area (Å²) in [5, 5.41) is 10.2. The van der Waals surface area contributed by atoms with Crippen LogP contribution in [0.15, 0.2) is 42.5 Å². The van der Waals surface area contributed by atoms with Crippen LogP contribution in [0.25, 0.3) is 22.2 Å². The Labute approximate surface area is 153 Å². The number of fused-ring (bicyclic) bond motifs is 1. The van der Waals surface area contributed by atoms with Gasteiger partial charge < -0.3 is 10.3 Å². The summed E-state index contributed by atoms with van der Waals surface area (Å²) in [6.07, 6.45) is 0. The van der Waals surface area contributed by atoms with Crippen molar-refractivity contribution in [1.29, 1.82) is 0 Å². The minimum absolute atomic E-state index is 0.0414. The van der Waals surface area contributed by atoms with Gasteiger partial charge in [0.15, 0.2) is 17.5 Å². The van der Waals surface area contributed by atoms with E-state index in [1.54, 1.807) is 6.07 Å². The second-order valence-electron chi connectivity index (χ2n) is 6.37. The molecule has 4 aromatic rings. The number of aromatic nitrogens is 3. The Morgan fingerprint density at radius 1 is 1.11 bits per heavy atom. The van der Waals surface area contributed by atoms with Crippen molar-refractivity contribution in [2.45, 2.75) is 13.8 Å². The number of rotatable bonds is 3. The van der Waals surface area contributed by atoms with E-state index in [-0.39, 0.29) is 23.0 Å². The molecule has 0 fully saturated rings. The number of nitrogens with zero attached hydrogens (tertiary/aromatic N) is 1. The quantitative estimate of drug-likeness (QED) is 0.491. The number of aryl methyl sites for hydroxylation is 2. The first-order valence-electron chi connectivity index (χ1n) is 8.34. The number of H-pyrrole nitrogens is 2. The summed E-state index contributed by atoms with van der Waals surface area (Å²) in [6, 6.07) is 11.0. The van der Waals surface area contributed by atoms with Gasteiger partial charge >= 0.3 is 0 Å². The number of hydrogen-bond acceptors (Lipinski definition) is 2. The van der Waals surface area contributed by atoms with E-state index in [1.807, 2.05) is 26.0 Å². The SMILES string of the molecule is Cc1ccc2[nH]c(C(=O)Nc3cc(-c4cccc(F)c4F)[nH]n3)cc2c1C. The molecule has 0 aliphatic carbocycles. The molecule has 0 unspecified atom stereocenters. The molecule has 0 aliphatic heterocycles. The maximum Gasteiger partial charge on any atom is 0.273 e. The van der Waals surface area contributed by atoms with Crippen LogP contribution in [0.2, 0.25) is 0 Å². The van der Waals surface area contributed by atoms with Crippen molar-refractivity contribution in [2.75, 3.05) is 5.32 Å². The van der Waals surface area contributed by atoms with Crippen LogP contribution >= 0.6 is 0 Å². The largest absolute Gasteiger partial charge is 0.351 e. The minimum Gasteiger partial charge on any atom is -0.351 e. The minimum atomic E-state index is -0.972. The third-order valence-corrected chi connectivity index (χ3v) is 4.65. The fourth-order valence-electron chi connectivity index (χ4n) is 3.00. The monoisotopic (exact) mass is 366 g/mol.